The molecule has 0 bridgehead atoms. The van der Waals surface area contributed by atoms with E-state index in [0.29, 0.717) is 23.0 Å². The molecule has 6 nitrogen and oxygen atoms in total. The Kier molecular flexibility index (Phi) is 5.63. The van der Waals surface area contributed by atoms with Crippen LogP contribution in [0.5, 0.6) is 17.2 Å². The maximum atomic E-state index is 12.7. The second-order valence-electron chi connectivity index (χ2n) is 6.30. The van der Waals surface area contributed by atoms with Crippen molar-refractivity contribution in [3.05, 3.63) is 47.5 Å². The number of nitrogens with one attached hydrogen (secondary N) is 1. The molecule has 0 fully saturated rings. The quantitative estimate of drug-likeness (QED) is 0.586. The first-order valence-corrected chi connectivity index (χ1v) is 8.46. The van der Waals surface area contributed by atoms with Crippen molar-refractivity contribution in [1.29, 1.82) is 0 Å². The van der Waals surface area contributed by atoms with Gasteiger partial charge in [-0.3, -0.25) is 0 Å². The van der Waals surface area contributed by atoms with Crippen molar-refractivity contribution in [2.75, 3.05) is 12.1 Å². The molecule has 0 radical (unpaired) electrons. The minimum atomic E-state index is -2.96. The van der Waals surface area contributed by atoms with E-state index in [2.05, 4.69) is 28.9 Å². The van der Waals surface area contributed by atoms with Gasteiger partial charge in [-0.2, -0.15) is 8.78 Å². The molecule has 0 unspecified atom stereocenters. The highest BCUT2D eigenvalue weighted by atomic mass is 19.3. The molecule has 3 N–H and O–H groups in total. The van der Waals surface area contributed by atoms with Crippen LogP contribution >= 0.6 is 0 Å². The van der Waals surface area contributed by atoms with Gasteiger partial charge in [0.2, 0.25) is 6.79 Å². The molecular weight excluding hydrogens is 356 g/mol. The standard InChI is InChI=1S/C19H21F2N3O3/c1-11(2)12-4-3-5-14(6-12)24-19(22)23-9-13-7-16-17(26-10-25-16)8-15(13)27-18(20)21/h3-8,11,18H,9-10H2,1-2H3,(H3,22,23,24). The molecule has 0 atom stereocenters. The van der Waals surface area contributed by atoms with E-state index in [9.17, 15) is 8.78 Å². The predicted molar refractivity (Wildman–Crippen MR) is 98.7 cm³/mol. The average Bonchev–Trinajstić information content (AvgIpc) is 3.06. The van der Waals surface area contributed by atoms with Gasteiger partial charge in [0.05, 0.1) is 6.54 Å². The van der Waals surface area contributed by atoms with Crippen molar-refractivity contribution in [1.82, 2.24) is 0 Å². The number of halogens is 2. The van der Waals surface area contributed by atoms with Crippen LogP contribution in [0, 0.1) is 0 Å². The average molecular weight is 377 g/mol. The molecule has 0 aromatic heterocycles. The molecule has 27 heavy (non-hydrogen) atoms. The second-order valence-corrected chi connectivity index (χ2v) is 6.30. The summed E-state index contributed by atoms with van der Waals surface area (Å²) in [5.74, 6) is 1.34. The van der Waals surface area contributed by atoms with Gasteiger partial charge in [0, 0.05) is 17.3 Å². The van der Waals surface area contributed by atoms with E-state index in [1.807, 2.05) is 24.3 Å². The molecule has 0 aliphatic carbocycles. The number of fused-ring (bicyclic) bond motifs is 1. The largest absolute Gasteiger partial charge is 0.454 e. The zero-order valence-electron chi connectivity index (χ0n) is 15.0. The van der Waals surface area contributed by atoms with Gasteiger partial charge in [0.15, 0.2) is 17.5 Å². The van der Waals surface area contributed by atoms with Gasteiger partial charge in [-0.05, 0) is 29.7 Å². The first kappa shape index (κ1) is 18.8. The van der Waals surface area contributed by atoms with Crippen molar-refractivity contribution >= 4 is 11.6 Å². The number of aliphatic imine (C=N–C) groups is 1. The number of nitrogens with zero attached hydrogens (tertiary/aromatic N) is 1. The molecule has 0 spiro atoms. The summed E-state index contributed by atoms with van der Waals surface area (Å²) < 4.78 is 40.4. The van der Waals surface area contributed by atoms with Crippen molar-refractivity contribution in [3.8, 4) is 17.2 Å². The van der Waals surface area contributed by atoms with E-state index in [-0.39, 0.29) is 25.0 Å². The molecule has 1 heterocycles. The highest BCUT2D eigenvalue weighted by Crippen LogP contribution is 2.39. The van der Waals surface area contributed by atoms with Crippen LogP contribution in [0.3, 0.4) is 0 Å². The number of rotatable bonds is 6. The third kappa shape index (κ3) is 4.78. The Morgan fingerprint density at radius 3 is 2.67 bits per heavy atom. The zero-order valence-corrected chi connectivity index (χ0v) is 15.0. The topological polar surface area (TPSA) is 78.1 Å². The molecule has 0 amide bonds. The van der Waals surface area contributed by atoms with Crippen molar-refractivity contribution in [2.45, 2.75) is 32.9 Å². The molecule has 0 saturated carbocycles. The fourth-order valence-electron chi connectivity index (χ4n) is 2.63. The van der Waals surface area contributed by atoms with E-state index in [4.69, 9.17) is 15.2 Å². The minimum absolute atomic E-state index is 0.0207. The van der Waals surface area contributed by atoms with Gasteiger partial charge in [-0.15, -0.1) is 0 Å². The van der Waals surface area contributed by atoms with E-state index in [0.717, 1.165) is 11.3 Å². The Labute approximate surface area is 155 Å². The van der Waals surface area contributed by atoms with Crippen LogP contribution in [0.15, 0.2) is 41.4 Å². The Hall–Kier alpha value is -3.03. The van der Waals surface area contributed by atoms with E-state index < -0.39 is 6.61 Å². The summed E-state index contributed by atoms with van der Waals surface area (Å²) in [5, 5.41) is 3.00. The number of anilines is 1. The molecule has 144 valence electrons. The summed E-state index contributed by atoms with van der Waals surface area (Å²) in [6.07, 6.45) is 0. The summed E-state index contributed by atoms with van der Waals surface area (Å²) in [6, 6.07) is 10.8. The fraction of sp³-hybridized carbons (Fsp3) is 0.316. The van der Waals surface area contributed by atoms with Crippen molar-refractivity contribution in [3.63, 3.8) is 0 Å². The SMILES string of the molecule is CC(C)c1cccc(NC(N)=NCc2cc3c(cc2OC(F)F)OCO3)c1. The Bertz CT molecular complexity index is 841. The molecular formula is C19H21F2N3O3. The molecule has 2 aromatic carbocycles. The molecule has 8 heteroatoms. The zero-order chi connectivity index (χ0) is 19.4. The molecule has 0 saturated heterocycles. The van der Waals surface area contributed by atoms with Gasteiger partial charge in [-0.25, -0.2) is 4.99 Å². The second kappa shape index (κ2) is 8.11. The van der Waals surface area contributed by atoms with Crippen LogP contribution in [0.2, 0.25) is 0 Å². The molecule has 3 rings (SSSR count). The molecule has 1 aliphatic heterocycles. The van der Waals surface area contributed by atoms with Gasteiger partial charge >= 0.3 is 6.61 Å². The first-order valence-electron chi connectivity index (χ1n) is 8.46. The number of hydrogen-bond acceptors (Lipinski definition) is 4. The minimum Gasteiger partial charge on any atom is -0.454 e. The maximum Gasteiger partial charge on any atom is 0.387 e. The normalized spacial score (nSPS) is 13.3. The smallest absolute Gasteiger partial charge is 0.387 e. The number of benzene rings is 2. The summed E-state index contributed by atoms with van der Waals surface area (Å²) in [6.45, 7) is 1.32. The van der Waals surface area contributed by atoms with Crippen molar-refractivity contribution in [2.24, 2.45) is 10.7 Å². The molecule has 2 aromatic rings. The lowest BCUT2D eigenvalue weighted by Gasteiger charge is -2.12. The Morgan fingerprint density at radius 2 is 1.96 bits per heavy atom. The number of alkyl halides is 2. The van der Waals surface area contributed by atoms with Crippen LogP contribution in [0.25, 0.3) is 0 Å². The number of hydrogen-bond donors (Lipinski definition) is 2. The monoisotopic (exact) mass is 377 g/mol. The highest BCUT2D eigenvalue weighted by Gasteiger charge is 2.20. The van der Waals surface area contributed by atoms with Gasteiger partial charge < -0.3 is 25.3 Å². The predicted octanol–water partition coefficient (Wildman–Crippen LogP) is 4.07. The van der Waals surface area contributed by atoms with Gasteiger partial charge in [-0.1, -0.05) is 26.0 Å². The Balaban J connectivity index is 1.75. The summed E-state index contributed by atoms with van der Waals surface area (Å²) >= 11 is 0. The summed E-state index contributed by atoms with van der Waals surface area (Å²) in [4.78, 5) is 4.22. The van der Waals surface area contributed by atoms with Crippen LogP contribution in [0.1, 0.15) is 30.9 Å². The van der Waals surface area contributed by atoms with Crippen LogP contribution in [-0.2, 0) is 6.54 Å². The number of ether oxygens (including phenoxy) is 3. The van der Waals surface area contributed by atoms with Gasteiger partial charge in [0.1, 0.15) is 5.75 Å². The van der Waals surface area contributed by atoms with Gasteiger partial charge in [0.25, 0.3) is 0 Å². The third-order valence-electron chi connectivity index (χ3n) is 4.02. The summed E-state index contributed by atoms with van der Waals surface area (Å²) in [7, 11) is 0. The van der Waals surface area contributed by atoms with Crippen LogP contribution < -0.4 is 25.3 Å². The lowest BCUT2D eigenvalue weighted by Crippen LogP contribution is -2.22. The van der Waals surface area contributed by atoms with Crippen LogP contribution in [-0.4, -0.2) is 19.4 Å². The van der Waals surface area contributed by atoms with Crippen molar-refractivity contribution < 1.29 is 23.0 Å². The number of nitrogens with two attached hydrogens (primary N) is 1. The maximum absolute atomic E-state index is 12.7. The first-order chi connectivity index (χ1) is 12.9. The molecule has 1 aliphatic rings. The van der Waals surface area contributed by atoms with E-state index in [1.165, 1.54) is 6.07 Å². The highest BCUT2D eigenvalue weighted by molar-refractivity contribution is 5.92. The lowest BCUT2D eigenvalue weighted by atomic mass is 10.0. The van der Waals surface area contributed by atoms with E-state index in [1.54, 1.807) is 6.07 Å². The van der Waals surface area contributed by atoms with Crippen LogP contribution in [0.4, 0.5) is 14.5 Å². The third-order valence-corrected chi connectivity index (χ3v) is 4.02. The lowest BCUT2D eigenvalue weighted by molar-refractivity contribution is -0.0505. The Morgan fingerprint density at radius 1 is 1.22 bits per heavy atom. The van der Waals surface area contributed by atoms with E-state index >= 15 is 0 Å². The number of guanidine groups is 1. The summed E-state index contributed by atoms with van der Waals surface area (Å²) in [5.41, 5.74) is 8.32. The fourth-order valence-corrected chi connectivity index (χ4v) is 2.63.